The number of hydrogen-bond acceptors (Lipinski definition) is 11. The number of sulfonamides is 2. The van der Waals surface area contributed by atoms with Gasteiger partial charge in [0.1, 0.15) is 11.5 Å². The first kappa shape index (κ1) is 36.4. The summed E-state index contributed by atoms with van der Waals surface area (Å²) in [6.45, 7) is 12.3. The van der Waals surface area contributed by atoms with Crippen LogP contribution >= 0.6 is 0 Å². The van der Waals surface area contributed by atoms with Crippen molar-refractivity contribution in [2.45, 2.75) is 51.3 Å². The van der Waals surface area contributed by atoms with Gasteiger partial charge >= 0.3 is 0 Å². The van der Waals surface area contributed by atoms with E-state index < -0.39 is 20.0 Å². The molecule has 0 saturated carbocycles. The summed E-state index contributed by atoms with van der Waals surface area (Å²) in [5, 5.41) is 7.90. The summed E-state index contributed by atoms with van der Waals surface area (Å²) in [7, 11) is -7.52. The van der Waals surface area contributed by atoms with Gasteiger partial charge in [-0.05, 0) is 75.9 Å². The molecule has 0 spiro atoms. The summed E-state index contributed by atoms with van der Waals surface area (Å²) in [5.74, 6) is 1.24. The first-order valence-electron chi connectivity index (χ1n) is 15.1. The Morgan fingerprint density at radius 1 is 0.574 bits per heavy atom. The van der Waals surface area contributed by atoms with Crippen molar-refractivity contribution < 1.29 is 40.1 Å². The molecule has 0 amide bonds. The highest BCUT2D eigenvalue weighted by molar-refractivity contribution is 7.89. The highest BCUT2D eigenvalue weighted by Crippen LogP contribution is 2.31. The second-order valence-electron chi connectivity index (χ2n) is 11.0. The maximum atomic E-state index is 13.0. The van der Waals surface area contributed by atoms with Crippen molar-refractivity contribution in [3.63, 3.8) is 0 Å². The Morgan fingerprint density at radius 2 is 0.936 bits per heavy atom. The Balaban J connectivity index is 1.09. The lowest BCUT2D eigenvalue weighted by atomic mass is 10.0. The first-order valence-corrected chi connectivity index (χ1v) is 18.1. The number of aryl methyl sites for hydroxylation is 6. The number of rotatable bonds is 18. The van der Waals surface area contributed by atoms with Crippen LogP contribution in [0.25, 0.3) is 22.3 Å². The minimum Gasteiger partial charge on any atom is -0.378 e. The maximum Gasteiger partial charge on any atom is 0.240 e. The summed E-state index contributed by atoms with van der Waals surface area (Å²) in [5.41, 5.74) is 5.62. The molecule has 47 heavy (non-hydrogen) atoms. The van der Waals surface area contributed by atoms with E-state index in [4.69, 9.17) is 23.3 Å². The molecular formula is C32H42N4O9S2. The van der Waals surface area contributed by atoms with Crippen molar-refractivity contribution >= 4 is 20.0 Å². The van der Waals surface area contributed by atoms with Crippen molar-refractivity contribution in [3.8, 4) is 22.3 Å². The highest BCUT2D eigenvalue weighted by Gasteiger charge is 2.21. The second kappa shape index (κ2) is 16.1. The van der Waals surface area contributed by atoms with E-state index in [1.54, 1.807) is 52.0 Å². The van der Waals surface area contributed by atoms with Crippen LogP contribution in [0.15, 0.2) is 55.2 Å². The molecule has 4 aromatic rings. The van der Waals surface area contributed by atoms with Gasteiger partial charge in [-0.1, -0.05) is 34.6 Å². The summed E-state index contributed by atoms with van der Waals surface area (Å²) in [4.78, 5) is 0.368. The standard InChI is InChI=1S/C32H42N4O9S2/c1-21-7-9-27(31-23(3)35-44-25(31)5)19-29(21)46(37,38)33-11-13-41-15-17-43-18-16-42-14-12-34-47(39,40)30-20-28(10-8-22(30)2)32-24(4)36-45-26(32)6/h7-10,19-20,33-34H,11-18H2,1-6H3. The number of nitrogens with one attached hydrogen (secondary N) is 2. The molecule has 15 heteroatoms. The largest absolute Gasteiger partial charge is 0.378 e. The van der Waals surface area contributed by atoms with E-state index in [9.17, 15) is 16.8 Å². The molecule has 0 aliphatic heterocycles. The van der Waals surface area contributed by atoms with Gasteiger partial charge in [0, 0.05) is 24.2 Å². The monoisotopic (exact) mass is 690 g/mol. The molecule has 0 bridgehead atoms. The van der Waals surface area contributed by atoms with Gasteiger partial charge in [0.15, 0.2) is 0 Å². The Hall–Kier alpha value is -3.44. The number of aromatic nitrogens is 2. The topological polar surface area (TPSA) is 172 Å². The molecule has 0 aliphatic carbocycles. The molecule has 0 radical (unpaired) electrons. The highest BCUT2D eigenvalue weighted by atomic mass is 32.2. The zero-order valence-corrected chi connectivity index (χ0v) is 29.1. The van der Waals surface area contributed by atoms with Crippen LogP contribution < -0.4 is 9.44 Å². The molecule has 2 aromatic heterocycles. The van der Waals surface area contributed by atoms with Gasteiger partial charge in [0.2, 0.25) is 20.0 Å². The fraction of sp³-hybridized carbons (Fsp3) is 0.438. The summed E-state index contributed by atoms with van der Waals surface area (Å²) >= 11 is 0. The van der Waals surface area contributed by atoms with Crippen LogP contribution in [0, 0.1) is 41.5 Å². The Morgan fingerprint density at radius 3 is 1.28 bits per heavy atom. The van der Waals surface area contributed by atoms with Gasteiger partial charge in [0.05, 0.1) is 60.8 Å². The van der Waals surface area contributed by atoms with Gasteiger partial charge < -0.3 is 23.3 Å². The average Bonchev–Trinajstić information content (AvgIpc) is 3.54. The van der Waals surface area contributed by atoms with Crippen LogP contribution in [0.1, 0.15) is 34.0 Å². The lowest BCUT2D eigenvalue weighted by molar-refractivity contribution is 0.0167. The number of benzene rings is 2. The van der Waals surface area contributed by atoms with Crippen molar-refractivity contribution in [2.24, 2.45) is 0 Å². The van der Waals surface area contributed by atoms with E-state index >= 15 is 0 Å². The quantitative estimate of drug-likeness (QED) is 0.144. The fourth-order valence-corrected chi connectivity index (χ4v) is 7.64. The van der Waals surface area contributed by atoms with Crippen molar-refractivity contribution in [1.29, 1.82) is 0 Å². The van der Waals surface area contributed by atoms with Gasteiger partial charge in [-0.15, -0.1) is 0 Å². The third kappa shape index (κ3) is 9.34. The zero-order valence-electron chi connectivity index (χ0n) is 27.5. The summed E-state index contributed by atoms with van der Waals surface area (Å²) < 4.78 is 83.9. The Bertz CT molecular complexity index is 1710. The normalized spacial score (nSPS) is 12.2. The van der Waals surface area contributed by atoms with E-state index in [-0.39, 0.29) is 49.3 Å². The second-order valence-corrected chi connectivity index (χ2v) is 14.5. The Kier molecular flexibility index (Phi) is 12.5. The number of hydrogen-bond donors (Lipinski definition) is 2. The molecule has 2 N–H and O–H groups in total. The van der Waals surface area contributed by atoms with E-state index in [2.05, 4.69) is 19.8 Å². The smallest absolute Gasteiger partial charge is 0.240 e. The van der Waals surface area contributed by atoms with Gasteiger partial charge in [-0.25, -0.2) is 26.3 Å². The molecule has 4 rings (SSSR count). The van der Waals surface area contributed by atoms with E-state index in [0.717, 1.165) is 22.3 Å². The molecule has 256 valence electrons. The third-order valence-corrected chi connectivity index (χ3v) is 10.6. The third-order valence-electron chi connectivity index (χ3n) is 7.42. The minimum atomic E-state index is -3.76. The fourth-order valence-electron chi connectivity index (χ4n) is 5.07. The maximum absolute atomic E-state index is 13.0. The van der Waals surface area contributed by atoms with Crippen LogP contribution in [0.4, 0.5) is 0 Å². The van der Waals surface area contributed by atoms with Gasteiger partial charge in [-0.3, -0.25) is 0 Å². The lowest BCUT2D eigenvalue weighted by Crippen LogP contribution is -2.28. The first-order chi connectivity index (χ1) is 22.3. The number of ether oxygens (including phenoxy) is 3. The van der Waals surface area contributed by atoms with E-state index in [1.165, 1.54) is 0 Å². The van der Waals surface area contributed by atoms with E-state index in [1.807, 2.05) is 26.0 Å². The van der Waals surface area contributed by atoms with Crippen LogP contribution in [-0.2, 0) is 34.3 Å². The van der Waals surface area contributed by atoms with Crippen LogP contribution in [0.5, 0.6) is 0 Å². The molecule has 13 nitrogen and oxygen atoms in total. The molecule has 0 aliphatic rings. The van der Waals surface area contributed by atoms with Gasteiger partial charge in [0.25, 0.3) is 0 Å². The molecule has 0 saturated heterocycles. The molecule has 2 aromatic carbocycles. The number of nitrogens with zero attached hydrogens (tertiary/aromatic N) is 2. The van der Waals surface area contributed by atoms with Crippen molar-refractivity contribution in [3.05, 3.63) is 70.4 Å². The summed E-state index contributed by atoms with van der Waals surface area (Å²) in [6.07, 6.45) is 0. The lowest BCUT2D eigenvalue weighted by Gasteiger charge is -2.12. The van der Waals surface area contributed by atoms with E-state index in [0.29, 0.717) is 47.2 Å². The minimum absolute atomic E-state index is 0.0972. The van der Waals surface area contributed by atoms with Crippen LogP contribution in [0.2, 0.25) is 0 Å². The summed E-state index contributed by atoms with van der Waals surface area (Å²) in [6, 6.07) is 10.5. The average molecular weight is 691 g/mol. The molecule has 2 heterocycles. The van der Waals surface area contributed by atoms with Crippen LogP contribution in [-0.4, -0.2) is 79.9 Å². The molecule has 0 fully saturated rings. The van der Waals surface area contributed by atoms with Gasteiger partial charge in [-0.2, -0.15) is 0 Å². The zero-order chi connectivity index (χ0) is 34.2. The SMILES string of the molecule is Cc1ccc(-c2c(C)noc2C)cc1S(=O)(=O)NCCOCCOCCOCCNS(=O)(=O)c1cc(-c2c(C)noc2C)ccc1C. The Labute approximate surface area is 276 Å². The predicted octanol–water partition coefficient (Wildman–Crippen LogP) is 4.15. The van der Waals surface area contributed by atoms with Crippen LogP contribution in [0.3, 0.4) is 0 Å². The van der Waals surface area contributed by atoms with Crippen molar-refractivity contribution in [1.82, 2.24) is 19.8 Å². The molecule has 0 atom stereocenters. The molecular weight excluding hydrogens is 649 g/mol. The predicted molar refractivity (Wildman–Crippen MR) is 175 cm³/mol. The van der Waals surface area contributed by atoms with Crippen molar-refractivity contribution in [2.75, 3.05) is 52.7 Å². The molecule has 0 unspecified atom stereocenters.